The van der Waals surface area contributed by atoms with Gasteiger partial charge in [-0.3, -0.25) is 4.79 Å². The Morgan fingerprint density at radius 2 is 1.45 bits per heavy atom. The first-order valence-electron chi connectivity index (χ1n) is 10.5. The van der Waals surface area contributed by atoms with Crippen LogP contribution in [0, 0.1) is 0 Å². The molecule has 0 radical (unpaired) electrons. The molecule has 1 amide bonds. The average Bonchev–Trinajstić information content (AvgIpc) is 2.83. The lowest BCUT2D eigenvalue weighted by Crippen LogP contribution is -2.26. The molecule has 0 heterocycles. The predicted octanol–water partition coefficient (Wildman–Crippen LogP) is 3.57. The van der Waals surface area contributed by atoms with Crippen molar-refractivity contribution in [3.05, 3.63) is 95.6 Å². The van der Waals surface area contributed by atoms with Crippen LogP contribution in [0.15, 0.2) is 83.8 Å². The topological polar surface area (TPSA) is 102 Å². The lowest BCUT2D eigenvalue weighted by molar-refractivity contribution is -0.116. The summed E-state index contributed by atoms with van der Waals surface area (Å²) in [5.41, 5.74) is 2.55. The normalized spacial score (nSPS) is 11.1. The van der Waals surface area contributed by atoms with E-state index in [1.165, 1.54) is 19.2 Å². The maximum atomic E-state index is 12.5. The highest BCUT2D eigenvalue weighted by molar-refractivity contribution is 7.89. The molecule has 0 atom stereocenters. The molecule has 172 valence electrons. The van der Waals surface area contributed by atoms with Gasteiger partial charge in [0, 0.05) is 13.0 Å². The maximum Gasteiger partial charge on any atom is 0.339 e. The van der Waals surface area contributed by atoms with Crippen LogP contribution in [0.3, 0.4) is 0 Å². The number of esters is 1. The minimum absolute atomic E-state index is 0.177. The van der Waals surface area contributed by atoms with Crippen LogP contribution in [-0.4, -0.2) is 33.9 Å². The Balaban J connectivity index is 1.52. The molecule has 0 fully saturated rings. The van der Waals surface area contributed by atoms with E-state index >= 15 is 0 Å². The number of nitrogens with one attached hydrogen (secondary N) is 2. The van der Waals surface area contributed by atoms with Crippen LogP contribution in [0.2, 0.25) is 0 Å². The molecule has 3 aromatic carbocycles. The highest BCUT2D eigenvalue weighted by Crippen LogP contribution is 2.17. The number of aryl methyl sites for hydroxylation is 1. The van der Waals surface area contributed by atoms with Crippen molar-refractivity contribution in [1.29, 1.82) is 0 Å². The Labute approximate surface area is 193 Å². The third-order valence-electron chi connectivity index (χ3n) is 5.03. The molecule has 3 rings (SSSR count). The number of benzene rings is 3. The molecule has 0 aliphatic heterocycles. The number of methoxy groups -OCH3 is 1. The van der Waals surface area contributed by atoms with Crippen LogP contribution >= 0.6 is 0 Å². The zero-order valence-electron chi connectivity index (χ0n) is 18.3. The highest BCUT2D eigenvalue weighted by atomic mass is 32.2. The van der Waals surface area contributed by atoms with Gasteiger partial charge in [0.1, 0.15) is 0 Å². The molecule has 0 saturated heterocycles. The van der Waals surface area contributed by atoms with E-state index in [0.717, 1.165) is 11.1 Å². The Kier molecular flexibility index (Phi) is 8.34. The number of anilines is 1. The van der Waals surface area contributed by atoms with Gasteiger partial charge in [0.2, 0.25) is 15.9 Å². The molecule has 7 nitrogen and oxygen atoms in total. The number of ether oxygens (including phenoxy) is 1. The molecule has 0 aliphatic carbocycles. The second kappa shape index (κ2) is 11.4. The van der Waals surface area contributed by atoms with Gasteiger partial charge in [0.15, 0.2) is 0 Å². The molecule has 0 aliphatic rings. The number of carbonyl (C=O) groups excluding carboxylic acids is 2. The van der Waals surface area contributed by atoms with E-state index in [9.17, 15) is 18.0 Å². The van der Waals surface area contributed by atoms with Crippen molar-refractivity contribution in [2.24, 2.45) is 0 Å². The summed E-state index contributed by atoms with van der Waals surface area (Å²) in [6.07, 6.45) is 1.21. The van der Waals surface area contributed by atoms with E-state index < -0.39 is 16.0 Å². The van der Waals surface area contributed by atoms with Crippen molar-refractivity contribution in [2.45, 2.75) is 24.2 Å². The zero-order chi connectivity index (χ0) is 23.7. The Morgan fingerprint density at radius 1 is 0.818 bits per heavy atom. The molecule has 0 saturated carbocycles. The number of hydrogen-bond acceptors (Lipinski definition) is 5. The van der Waals surface area contributed by atoms with E-state index in [1.807, 2.05) is 30.3 Å². The summed E-state index contributed by atoms with van der Waals surface area (Å²) in [4.78, 5) is 24.3. The van der Waals surface area contributed by atoms with Crippen molar-refractivity contribution in [3.8, 4) is 0 Å². The molecule has 0 spiro atoms. The zero-order valence-corrected chi connectivity index (χ0v) is 19.1. The molecule has 0 bridgehead atoms. The molecule has 2 N–H and O–H groups in total. The first-order valence-corrected chi connectivity index (χ1v) is 12.0. The van der Waals surface area contributed by atoms with Gasteiger partial charge >= 0.3 is 5.97 Å². The fourth-order valence-electron chi connectivity index (χ4n) is 3.24. The number of carbonyl (C=O) groups is 2. The number of para-hydroxylation sites is 1. The first-order chi connectivity index (χ1) is 15.9. The lowest BCUT2D eigenvalue weighted by Gasteiger charge is -2.10. The van der Waals surface area contributed by atoms with Crippen LogP contribution in [0.5, 0.6) is 0 Å². The largest absolute Gasteiger partial charge is 0.465 e. The molecule has 8 heteroatoms. The van der Waals surface area contributed by atoms with Gasteiger partial charge < -0.3 is 10.1 Å². The quantitative estimate of drug-likeness (QED) is 0.445. The lowest BCUT2D eigenvalue weighted by atomic mass is 10.1. The second-order valence-corrected chi connectivity index (χ2v) is 9.13. The van der Waals surface area contributed by atoms with Crippen molar-refractivity contribution in [2.75, 3.05) is 19.0 Å². The fourth-order valence-corrected chi connectivity index (χ4v) is 4.28. The first kappa shape index (κ1) is 24.2. The van der Waals surface area contributed by atoms with Gasteiger partial charge in [-0.15, -0.1) is 0 Å². The van der Waals surface area contributed by atoms with Crippen molar-refractivity contribution in [1.82, 2.24) is 4.72 Å². The predicted molar refractivity (Wildman–Crippen MR) is 127 cm³/mol. The summed E-state index contributed by atoms with van der Waals surface area (Å²) in [6, 6.07) is 22.7. The van der Waals surface area contributed by atoms with Crippen LogP contribution in [-0.2, 0) is 32.4 Å². The number of sulfonamides is 1. The summed E-state index contributed by atoms with van der Waals surface area (Å²) >= 11 is 0. The van der Waals surface area contributed by atoms with Crippen molar-refractivity contribution >= 4 is 27.6 Å². The van der Waals surface area contributed by atoms with Crippen LogP contribution in [0.1, 0.15) is 27.9 Å². The monoisotopic (exact) mass is 466 g/mol. The summed E-state index contributed by atoms with van der Waals surface area (Å²) < 4.78 is 32.3. The Morgan fingerprint density at radius 3 is 2.15 bits per heavy atom. The van der Waals surface area contributed by atoms with E-state index in [1.54, 1.807) is 36.4 Å². The van der Waals surface area contributed by atoms with Crippen molar-refractivity contribution < 1.29 is 22.7 Å². The molecule has 3 aromatic rings. The minimum atomic E-state index is -3.61. The number of rotatable bonds is 10. The number of amides is 1. The molecule has 33 heavy (non-hydrogen) atoms. The molecule has 0 aromatic heterocycles. The maximum absolute atomic E-state index is 12.5. The van der Waals surface area contributed by atoms with E-state index in [2.05, 4.69) is 10.0 Å². The third kappa shape index (κ3) is 7.00. The summed E-state index contributed by atoms with van der Waals surface area (Å²) in [5.74, 6) is -0.786. The van der Waals surface area contributed by atoms with Gasteiger partial charge in [-0.1, -0.05) is 54.6 Å². The second-order valence-electron chi connectivity index (χ2n) is 7.36. The van der Waals surface area contributed by atoms with Crippen molar-refractivity contribution in [3.63, 3.8) is 0 Å². The molecule has 0 unspecified atom stereocenters. The molecular weight excluding hydrogens is 440 g/mol. The van der Waals surface area contributed by atoms with Gasteiger partial charge in [0.05, 0.1) is 23.3 Å². The summed E-state index contributed by atoms with van der Waals surface area (Å²) in [7, 11) is -2.33. The van der Waals surface area contributed by atoms with Gasteiger partial charge in [-0.2, -0.15) is 0 Å². The smallest absolute Gasteiger partial charge is 0.339 e. The van der Waals surface area contributed by atoms with Crippen LogP contribution in [0.4, 0.5) is 5.69 Å². The van der Waals surface area contributed by atoms with Crippen LogP contribution in [0.25, 0.3) is 0 Å². The fraction of sp³-hybridized carbons (Fsp3) is 0.200. The third-order valence-corrected chi connectivity index (χ3v) is 6.51. The minimum Gasteiger partial charge on any atom is -0.465 e. The summed E-state index contributed by atoms with van der Waals surface area (Å²) in [6.45, 7) is 0.307. The standard InChI is InChI=1S/C25H26N2O5S/c1-32-25(29)22-9-5-6-10-23(22)27-24(28)16-13-20-11-14-21(15-12-20)33(30,31)26-18-17-19-7-3-2-4-8-19/h2-12,14-15,26H,13,16-18H2,1H3,(H,27,28). The highest BCUT2D eigenvalue weighted by Gasteiger charge is 2.15. The van der Waals surface area contributed by atoms with Crippen LogP contribution < -0.4 is 10.0 Å². The molecular formula is C25H26N2O5S. The van der Waals surface area contributed by atoms with E-state index in [0.29, 0.717) is 25.1 Å². The number of hydrogen-bond donors (Lipinski definition) is 2. The Bertz CT molecular complexity index is 1190. The average molecular weight is 467 g/mol. The van der Waals surface area contributed by atoms with E-state index in [4.69, 9.17) is 4.74 Å². The van der Waals surface area contributed by atoms with Gasteiger partial charge in [-0.25, -0.2) is 17.9 Å². The van der Waals surface area contributed by atoms with E-state index in [-0.39, 0.29) is 22.8 Å². The summed E-state index contributed by atoms with van der Waals surface area (Å²) in [5, 5.41) is 2.72. The Hall–Kier alpha value is -3.49. The SMILES string of the molecule is COC(=O)c1ccccc1NC(=O)CCc1ccc(S(=O)(=O)NCCc2ccccc2)cc1. The van der Waals surface area contributed by atoms with Gasteiger partial charge in [0.25, 0.3) is 0 Å². The van der Waals surface area contributed by atoms with Gasteiger partial charge in [-0.05, 0) is 48.2 Å².